The molecular weight excluding hydrogens is 198 g/mol. The molecular formula is C6H4BrNO2. The van der Waals surface area contributed by atoms with Crippen LogP contribution in [0.4, 0.5) is 0 Å². The Labute approximate surface area is 65.2 Å². The van der Waals surface area contributed by atoms with Gasteiger partial charge < -0.3 is 4.98 Å². The zero-order valence-corrected chi connectivity index (χ0v) is 6.51. The van der Waals surface area contributed by atoms with E-state index in [9.17, 15) is 9.59 Å². The molecule has 3 nitrogen and oxygen atoms in total. The maximum absolute atomic E-state index is 10.6. The molecule has 0 fully saturated rings. The SMILES string of the molecule is O=Cc1cc(=O)[nH]cc1Br. The van der Waals surface area contributed by atoms with Crippen molar-refractivity contribution in [2.75, 3.05) is 0 Å². The summed E-state index contributed by atoms with van der Waals surface area (Å²) in [6, 6.07) is 1.23. The number of aromatic nitrogens is 1. The summed E-state index contributed by atoms with van der Waals surface area (Å²) >= 11 is 3.09. The smallest absolute Gasteiger partial charge is 0.248 e. The molecule has 1 aromatic heterocycles. The van der Waals surface area contributed by atoms with Gasteiger partial charge in [0.05, 0.1) is 0 Å². The molecule has 10 heavy (non-hydrogen) atoms. The van der Waals surface area contributed by atoms with Gasteiger partial charge in [0.1, 0.15) is 0 Å². The van der Waals surface area contributed by atoms with Gasteiger partial charge in [-0.3, -0.25) is 9.59 Å². The lowest BCUT2D eigenvalue weighted by Gasteiger charge is -1.90. The number of carbonyl (C=O) groups excluding carboxylic acids is 1. The number of hydrogen-bond donors (Lipinski definition) is 1. The summed E-state index contributed by atoms with van der Waals surface area (Å²) in [5.41, 5.74) is 0.0917. The van der Waals surface area contributed by atoms with Crippen LogP contribution >= 0.6 is 15.9 Å². The zero-order chi connectivity index (χ0) is 7.56. The highest BCUT2D eigenvalue weighted by Crippen LogP contribution is 2.09. The fraction of sp³-hybridized carbons (Fsp3) is 0. The summed E-state index contributed by atoms with van der Waals surface area (Å²) in [6.45, 7) is 0. The first-order valence-electron chi connectivity index (χ1n) is 2.57. The van der Waals surface area contributed by atoms with E-state index < -0.39 is 0 Å². The Morgan fingerprint density at radius 2 is 2.30 bits per heavy atom. The van der Waals surface area contributed by atoms with E-state index in [4.69, 9.17) is 0 Å². The van der Waals surface area contributed by atoms with Crippen LogP contribution in [0.15, 0.2) is 21.5 Å². The lowest BCUT2D eigenvalue weighted by Crippen LogP contribution is -2.04. The minimum atomic E-state index is -0.273. The van der Waals surface area contributed by atoms with Crippen LogP contribution in [0.1, 0.15) is 10.4 Å². The number of nitrogens with one attached hydrogen (secondary N) is 1. The molecule has 0 atom stereocenters. The minimum absolute atomic E-state index is 0.273. The van der Waals surface area contributed by atoms with Gasteiger partial charge in [-0.15, -0.1) is 0 Å². The molecule has 1 aromatic rings. The van der Waals surface area contributed by atoms with E-state index in [0.717, 1.165) is 0 Å². The molecule has 0 spiro atoms. The minimum Gasteiger partial charge on any atom is -0.328 e. The van der Waals surface area contributed by atoms with Crippen LogP contribution in [0.3, 0.4) is 0 Å². The molecule has 4 heteroatoms. The lowest BCUT2D eigenvalue weighted by molar-refractivity contribution is 0.112. The van der Waals surface area contributed by atoms with Crippen LogP contribution in [0.2, 0.25) is 0 Å². The van der Waals surface area contributed by atoms with Gasteiger partial charge in [0.15, 0.2) is 6.29 Å². The van der Waals surface area contributed by atoms with Crippen molar-refractivity contribution >= 4 is 22.2 Å². The number of aromatic amines is 1. The zero-order valence-electron chi connectivity index (χ0n) is 4.93. The van der Waals surface area contributed by atoms with E-state index in [1.54, 1.807) is 0 Å². The number of hydrogen-bond acceptors (Lipinski definition) is 2. The van der Waals surface area contributed by atoms with Crippen LogP contribution in [0, 0.1) is 0 Å². The van der Waals surface area contributed by atoms with Gasteiger partial charge in [-0.1, -0.05) is 0 Å². The molecule has 0 aliphatic rings. The van der Waals surface area contributed by atoms with E-state index in [1.807, 2.05) is 0 Å². The van der Waals surface area contributed by atoms with Gasteiger partial charge in [-0.2, -0.15) is 0 Å². The van der Waals surface area contributed by atoms with E-state index in [1.165, 1.54) is 12.3 Å². The third kappa shape index (κ3) is 1.33. The lowest BCUT2D eigenvalue weighted by atomic mass is 10.3. The predicted molar refractivity (Wildman–Crippen MR) is 40.2 cm³/mol. The van der Waals surface area contributed by atoms with Crippen molar-refractivity contribution in [2.45, 2.75) is 0 Å². The molecule has 0 radical (unpaired) electrons. The van der Waals surface area contributed by atoms with Crippen molar-refractivity contribution in [3.05, 3.63) is 32.7 Å². The quantitative estimate of drug-likeness (QED) is 0.689. The Kier molecular flexibility index (Phi) is 2.01. The Balaban J connectivity index is 3.35. The van der Waals surface area contributed by atoms with Crippen molar-refractivity contribution in [3.63, 3.8) is 0 Å². The van der Waals surface area contributed by atoms with Crippen molar-refractivity contribution < 1.29 is 4.79 Å². The number of H-pyrrole nitrogens is 1. The molecule has 0 bridgehead atoms. The third-order valence-corrected chi connectivity index (χ3v) is 1.72. The first-order chi connectivity index (χ1) is 4.74. The topological polar surface area (TPSA) is 49.9 Å². The average molecular weight is 202 g/mol. The van der Waals surface area contributed by atoms with Crippen LogP contribution < -0.4 is 5.56 Å². The summed E-state index contributed by atoms with van der Waals surface area (Å²) in [7, 11) is 0. The molecule has 0 aromatic carbocycles. The Morgan fingerprint density at radius 1 is 1.60 bits per heavy atom. The molecule has 0 aliphatic carbocycles. The molecule has 0 saturated carbocycles. The van der Waals surface area contributed by atoms with Gasteiger partial charge in [0, 0.05) is 22.3 Å². The van der Waals surface area contributed by atoms with Gasteiger partial charge in [-0.05, 0) is 15.9 Å². The fourth-order valence-electron chi connectivity index (χ4n) is 0.560. The maximum Gasteiger partial charge on any atom is 0.248 e. The van der Waals surface area contributed by atoms with E-state index >= 15 is 0 Å². The highest BCUT2D eigenvalue weighted by atomic mass is 79.9. The standard InChI is InChI=1S/C6H4BrNO2/c7-5-2-8-6(10)1-4(5)3-9/h1-3H,(H,8,10). The first-order valence-corrected chi connectivity index (χ1v) is 3.37. The largest absolute Gasteiger partial charge is 0.328 e. The normalized spacial score (nSPS) is 9.30. The molecule has 1 N–H and O–H groups in total. The van der Waals surface area contributed by atoms with E-state index in [2.05, 4.69) is 20.9 Å². The summed E-state index contributed by atoms with van der Waals surface area (Å²) < 4.78 is 0.599. The summed E-state index contributed by atoms with van der Waals surface area (Å²) in [5.74, 6) is 0. The second kappa shape index (κ2) is 2.79. The third-order valence-electron chi connectivity index (χ3n) is 1.03. The van der Waals surface area contributed by atoms with E-state index in [-0.39, 0.29) is 5.56 Å². The number of aldehydes is 1. The summed E-state index contributed by atoms with van der Waals surface area (Å²) in [5, 5.41) is 0. The maximum atomic E-state index is 10.6. The fourth-order valence-corrected chi connectivity index (χ4v) is 0.882. The van der Waals surface area contributed by atoms with Crippen LogP contribution in [-0.2, 0) is 0 Å². The second-order valence-electron chi connectivity index (χ2n) is 1.72. The van der Waals surface area contributed by atoms with Crippen molar-refractivity contribution in [3.8, 4) is 0 Å². The summed E-state index contributed by atoms with van der Waals surface area (Å²) in [4.78, 5) is 23.2. The molecule has 1 heterocycles. The Bertz CT molecular complexity index is 305. The van der Waals surface area contributed by atoms with Crippen LogP contribution in [0.25, 0.3) is 0 Å². The van der Waals surface area contributed by atoms with Crippen molar-refractivity contribution in [1.29, 1.82) is 0 Å². The molecule has 0 saturated heterocycles. The first kappa shape index (κ1) is 7.21. The highest BCUT2D eigenvalue weighted by Gasteiger charge is 1.96. The molecule has 0 aliphatic heterocycles. The predicted octanol–water partition coefficient (Wildman–Crippen LogP) is 0.950. The number of pyridine rings is 1. The van der Waals surface area contributed by atoms with Gasteiger partial charge in [0.2, 0.25) is 5.56 Å². The Morgan fingerprint density at radius 3 is 2.80 bits per heavy atom. The summed E-state index contributed by atoms with van der Waals surface area (Å²) in [6.07, 6.45) is 2.06. The Hall–Kier alpha value is -0.900. The van der Waals surface area contributed by atoms with Crippen LogP contribution in [-0.4, -0.2) is 11.3 Å². The molecule has 0 amide bonds. The van der Waals surface area contributed by atoms with Gasteiger partial charge in [-0.25, -0.2) is 0 Å². The number of carbonyl (C=O) groups is 1. The molecule has 1 rings (SSSR count). The second-order valence-corrected chi connectivity index (χ2v) is 2.57. The molecule has 0 unspecified atom stereocenters. The van der Waals surface area contributed by atoms with Crippen LogP contribution in [0.5, 0.6) is 0 Å². The van der Waals surface area contributed by atoms with Crippen molar-refractivity contribution in [2.24, 2.45) is 0 Å². The van der Waals surface area contributed by atoms with Crippen molar-refractivity contribution in [1.82, 2.24) is 4.98 Å². The monoisotopic (exact) mass is 201 g/mol. The number of halogens is 1. The number of rotatable bonds is 1. The average Bonchev–Trinajstić information content (AvgIpc) is 1.94. The highest BCUT2D eigenvalue weighted by molar-refractivity contribution is 9.10. The van der Waals surface area contributed by atoms with Gasteiger partial charge >= 0.3 is 0 Å². The molecule has 52 valence electrons. The van der Waals surface area contributed by atoms with E-state index in [0.29, 0.717) is 16.3 Å². The van der Waals surface area contributed by atoms with Gasteiger partial charge in [0.25, 0.3) is 0 Å².